The molecule has 1 saturated heterocycles. The Morgan fingerprint density at radius 3 is 2.32 bits per heavy atom. The van der Waals surface area contributed by atoms with E-state index in [4.69, 9.17) is 14.2 Å². The summed E-state index contributed by atoms with van der Waals surface area (Å²) in [6, 6.07) is 12.6. The number of sulfonamides is 1. The highest BCUT2D eigenvalue weighted by Crippen LogP contribution is 2.43. The Hall–Kier alpha value is -3.05. The largest absolute Gasteiger partial charge is 0.610 e. The molecule has 1 aliphatic carbocycles. The van der Waals surface area contributed by atoms with Crippen molar-refractivity contribution in [2.45, 2.75) is 147 Å². The highest BCUT2D eigenvalue weighted by Gasteiger charge is 2.52. The number of esters is 1. The number of aromatic nitrogens is 1. The highest BCUT2D eigenvalue weighted by atomic mass is 32.2. The molecule has 62 heavy (non-hydrogen) atoms. The molecule has 1 amide bonds. The molecule has 2 aromatic heterocycles. The van der Waals surface area contributed by atoms with Gasteiger partial charge in [0.25, 0.3) is 0 Å². The Kier molecular flexibility index (Phi) is 14.7. The summed E-state index contributed by atoms with van der Waals surface area (Å²) in [4.78, 5) is 36.2. The minimum Gasteiger partial charge on any atom is -0.610 e. The third kappa shape index (κ3) is 11.4. The van der Waals surface area contributed by atoms with Gasteiger partial charge in [-0.2, -0.15) is 9.29 Å². The topological polar surface area (TPSA) is 138 Å². The zero-order chi connectivity index (χ0) is 45.5. The molecule has 340 valence electrons. The predicted molar refractivity (Wildman–Crippen MR) is 249 cm³/mol. The maximum absolute atomic E-state index is 14.5. The van der Waals surface area contributed by atoms with Crippen molar-refractivity contribution in [3.63, 3.8) is 0 Å². The maximum Gasteiger partial charge on any atom is 0.412 e. The van der Waals surface area contributed by atoms with Crippen LogP contribution >= 0.6 is 22.7 Å². The van der Waals surface area contributed by atoms with E-state index in [-0.39, 0.29) is 41.2 Å². The van der Waals surface area contributed by atoms with E-state index in [1.54, 1.807) is 40.7 Å². The van der Waals surface area contributed by atoms with Gasteiger partial charge in [-0.25, -0.2) is 18.0 Å². The van der Waals surface area contributed by atoms with Crippen molar-refractivity contribution in [3.05, 3.63) is 74.5 Å². The number of carbonyl (C=O) groups is 2. The van der Waals surface area contributed by atoms with Crippen molar-refractivity contribution >= 4 is 66.2 Å². The van der Waals surface area contributed by atoms with Crippen LogP contribution in [0.3, 0.4) is 0 Å². The number of thiophene rings is 1. The average Bonchev–Trinajstić information content (AvgIpc) is 3.82. The number of fused-ring (bicyclic) bond motifs is 2. The smallest absolute Gasteiger partial charge is 0.412 e. The standard InChI is InChI=1S/C47H65N3O8S4/c1-29(2)26-49(62(54,55)33-18-19-35-40(24-33)60-43(48-35)61(12)53)27-37-36(50(47(10,11)57-37)44(52)58-45(5,6)7)23-32-15-13-31(14-16-32)17-20-39-41(42(51)56-28-30(3)4)34-25-46(8,9)22-21-38(34)59-39/h13-16,18-19,24,29-30,36-37H,17,20-23,25-28H2,1-12H3/t36-,37+,61?/m0/s1. The lowest BCUT2D eigenvalue weighted by atomic mass is 9.76. The Bertz CT molecular complexity index is 2340. The van der Waals surface area contributed by atoms with E-state index in [0.29, 0.717) is 27.6 Å². The fourth-order valence-electron chi connectivity index (χ4n) is 8.36. The van der Waals surface area contributed by atoms with E-state index in [2.05, 4.69) is 43.1 Å². The molecular weight excluding hydrogens is 863 g/mol. The summed E-state index contributed by atoms with van der Waals surface area (Å²) in [6.07, 6.45) is 5.12. The van der Waals surface area contributed by atoms with Crippen molar-refractivity contribution in [1.29, 1.82) is 0 Å². The number of carbonyl (C=O) groups excluding carboxylic acids is 2. The van der Waals surface area contributed by atoms with Crippen molar-refractivity contribution in [2.75, 3.05) is 26.0 Å². The lowest BCUT2D eigenvalue weighted by Crippen LogP contribution is -2.52. The molecule has 3 atom stereocenters. The summed E-state index contributed by atoms with van der Waals surface area (Å²) >= 11 is 1.69. The van der Waals surface area contributed by atoms with E-state index in [9.17, 15) is 22.6 Å². The number of hydrogen-bond acceptors (Lipinski definition) is 11. The Labute approximate surface area is 380 Å². The van der Waals surface area contributed by atoms with Gasteiger partial charge in [-0.05, 0) is 125 Å². The second-order valence-electron chi connectivity index (χ2n) is 20.0. The van der Waals surface area contributed by atoms with Crippen LogP contribution in [-0.4, -0.2) is 88.6 Å². The molecular formula is C47H65N3O8S4. The summed E-state index contributed by atoms with van der Waals surface area (Å²) < 4.78 is 62.2. The van der Waals surface area contributed by atoms with E-state index in [1.165, 1.54) is 26.1 Å². The lowest BCUT2D eigenvalue weighted by Gasteiger charge is -2.35. The molecule has 11 nitrogen and oxygen atoms in total. The molecule has 1 aliphatic heterocycles. The Morgan fingerprint density at radius 2 is 1.69 bits per heavy atom. The summed E-state index contributed by atoms with van der Waals surface area (Å²) in [5, 5.41) is 0. The third-order valence-electron chi connectivity index (χ3n) is 11.3. The van der Waals surface area contributed by atoms with Crippen molar-refractivity contribution in [1.82, 2.24) is 14.2 Å². The van der Waals surface area contributed by atoms with Crippen molar-refractivity contribution in [3.8, 4) is 0 Å². The summed E-state index contributed by atoms with van der Waals surface area (Å²) in [5.74, 6) is 0.0266. The molecule has 4 aromatic rings. The van der Waals surface area contributed by atoms with Gasteiger partial charge in [-0.3, -0.25) is 4.90 Å². The van der Waals surface area contributed by atoms with Crippen LogP contribution in [0.2, 0.25) is 0 Å². The molecule has 0 N–H and O–H groups in total. The number of ether oxygens (including phenoxy) is 3. The van der Waals surface area contributed by atoms with Crippen LogP contribution in [0.25, 0.3) is 10.2 Å². The third-order valence-corrected chi connectivity index (χ3v) is 16.8. The molecule has 3 heterocycles. The first-order chi connectivity index (χ1) is 28.8. The zero-order valence-corrected chi connectivity index (χ0v) is 41.7. The second kappa shape index (κ2) is 18.8. The number of aryl methyl sites for hydroxylation is 3. The predicted octanol–water partition coefficient (Wildman–Crippen LogP) is 9.84. The number of hydrogen-bond donors (Lipinski definition) is 0. The van der Waals surface area contributed by atoms with Gasteiger partial charge in [0.05, 0.1) is 39.4 Å². The lowest BCUT2D eigenvalue weighted by molar-refractivity contribution is -0.0807. The molecule has 0 spiro atoms. The monoisotopic (exact) mass is 927 g/mol. The molecule has 2 aliphatic rings. The average molecular weight is 928 g/mol. The van der Waals surface area contributed by atoms with Gasteiger partial charge in [0.1, 0.15) is 17.6 Å². The molecule has 0 saturated carbocycles. The number of rotatable bonds is 15. The van der Waals surface area contributed by atoms with Gasteiger partial charge in [-0.15, -0.1) is 11.3 Å². The minimum atomic E-state index is -4.05. The summed E-state index contributed by atoms with van der Waals surface area (Å²) in [5.41, 5.74) is 2.87. The number of nitrogens with zero attached hydrogens (tertiary/aromatic N) is 3. The zero-order valence-electron chi connectivity index (χ0n) is 38.5. The minimum absolute atomic E-state index is 0.000848. The molecule has 2 aromatic carbocycles. The van der Waals surface area contributed by atoms with Crippen LogP contribution in [-0.2, 0) is 67.5 Å². The van der Waals surface area contributed by atoms with E-state index < -0.39 is 50.8 Å². The van der Waals surface area contributed by atoms with Gasteiger partial charge in [-0.1, -0.05) is 77.1 Å². The quantitative estimate of drug-likeness (QED) is 0.0843. The van der Waals surface area contributed by atoms with Gasteiger partial charge in [0.2, 0.25) is 10.0 Å². The molecule has 1 unspecified atom stereocenters. The van der Waals surface area contributed by atoms with E-state index in [1.807, 2.05) is 62.3 Å². The van der Waals surface area contributed by atoms with Crippen LogP contribution < -0.4 is 0 Å². The van der Waals surface area contributed by atoms with E-state index in [0.717, 1.165) is 53.7 Å². The fourth-order valence-corrected chi connectivity index (χ4v) is 13.1. The van der Waals surface area contributed by atoms with Crippen LogP contribution in [0.5, 0.6) is 0 Å². The SMILES string of the molecule is CC(C)COC(=O)c1c(CCc2ccc(C[C@H]3[C@@H](CN(CC(C)C)S(=O)(=O)c4ccc5nc([S+](C)[O-])sc5c4)OC(C)(C)N3C(=O)OC(C)(C)C)cc2)sc2c1CC(C)(C)CC2. The fraction of sp³-hybridized carbons (Fsp3) is 0.596. The highest BCUT2D eigenvalue weighted by molar-refractivity contribution is 7.92. The van der Waals surface area contributed by atoms with Crippen LogP contribution in [0.1, 0.15) is 119 Å². The van der Waals surface area contributed by atoms with Crippen LogP contribution in [0, 0.1) is 17.3 Å². The first kappa shape index (κ1) is 48.4. The van der Waals surface area contributed by atoms with Crippen LogP contribution in [0.4, 0.5) is 4.79 Å². The van der Waals surface area contributed by atoms with Gasteiger partial charge in [0.15, 0.2) is 0 Å². The molecule has 6 rings (SSSR count). The first-order valence-electron chi connectivity index (χ1n) is 21.7. The van der Waals surface area contributed by atoms with Gasteiger partial charge in [0, 0.05) is 34.0 Å². The number of benzene rings is 2. The molecule has 0 bridgehead atoms. The van der Waals surface area contributed by atoms with Gasteiger partial charge >= 0.3 is 16.4 Å². The van der Waals surface area contributed by atoms with Gasteiger partial charge < -0.3 is 18.8 Å². The summed E-state index contributed by atoms with van der Waals surface area (Å²) in [7, 11) is -4.05. The number of amides is 1. The second-order valence-corrected chi connectivity index (χ2v) is 25.7. The van der Waals surface area contributed by atoms with Crippen molar-refractivity contribution < 1.29 is 36.8 Å². The maximum atomic E-state index is 14.5. The number of thiazole rings is 1. The molecule has 1 fully saturated rings. The Balaban J connectivity index is 1.26. The summed E-state index contributed by atoms with van der Waals surface area (Å²) in [6.45, 7) is 22.3. The Morgan fingerprint density at radius 1 is 1.02 bits per heavy atom. The van der Waals surface area contributed by atoms with Crippen LogP contribution in [0.15, 0.2) is 51.7 Å². The molecule has 15 heteroatoms. The van der Waals surface area contributed by atoms with E-state index >= 15 is 0 Å². The molecule has 0 radical (unpaired) electrons. The normalized spacial score (nSPS) is 19.4. The first-order valence-corrected chi connectivity index (χ1v) is 26.3. The van der Waals surface area contributed by atoms with Crippen molar-refractivity contribution in [2.24, 2.45) is 17.3 Å².